The van der Waals surface area contributed by atoms with Crippen molar-refractivity contribution < 1.29 is 14.2 Å². The van der Waals surface area contributed by atoms with Crippen LogP contribution in [0, 0.1) is 0 Å². The fourth-order valence-corrected chi connectivity index (χ4v) is 2.70. The van der Waals surface area contributed by atoms with Gasteiger partial charge in [0.05, 0.1) is 32.7 Å². The van der Waals surface area contributed by atoms with E-state index in [1.165, 1.54) is 5.56 Å². The molecule has 0 atom stereocenters. The van der Waals surface area contributed by atoms with E-state index < -0.39 is 0 Å². The van der Waals surface area contributed by atoms with Crippen LogP contribution >= 0.6 is 0 Å². The van der Waals surface area contributed by atoms with E-state index in [2.05, 4.69) is 10.5 Å². The zero-order valence-electron chi connectivity index (χ0n) is 13.6. The monoisotopic (exact) mass is 312 g/mol. The zero-order chi connectivity index (χ0) is 16.2. The van der Waals surface area contributed by atoms with Crippen molar-refractivity contribution in [3.05, 3.63) is 47.5 Å². The van der Waals surface area contributed by atoms with Gasteiger partial charge < -0.3 is 14.2 Å². The third kappa shape index (κ3) is 3.08. The van der Waals surface area contributed by atoms with Crippen LogP contribution in [0.25, 0.3) is 0 Å². The Hall–Kier alpha value is -2.69. The summed E-state index contributed by atoms with van der Waals surface area (Å²) < 4.78 is 15.9. The number of hydrogen-bond acceptors (Lipinski definition) is 5. The highest BCUT2D eigenvalue weighted by Gasteiger charge is 2.21. The van der Waals surface area contributed by atoms with Gasteiger partial charge >= 0.3 is 0 Å². The van der Waals surface area contributed by atoms with E-state index in [0.717, 1.165) is 47.1 Å². The molecule has 5 heteroatoms. The van der Waals surface area contributed by atoms with E-state index in [-0.39, 0.29) is 0 Å². The highest BCUT2D eigenvalue weighted by atomic mass is 16.5. The second-order valence-electron chi connectivity index (χ2n) is 5.26. The van der Waals surface area contributed by atoms with Crippen molar-refractivity contribution in [1.82, 2.24) is 0 Å². The third-order valence-corrected chi connectivity index (χ3v) is 3.96. The molecule has 1 aliphatic rings. The van der Waals surface area contributed by atoms with Gasteiger partial charge in [0.1, 0.15) is 5.75 Å². The topological polar surface area (TPSA) is 52.1 Å². The molecule has 23 heavy (non-hydrogen) atoms. The second kappa shape index (κ2) is 6.60. The molecule has 0 fully saturated rings. The number of anilines is 1. The van der Waals surface area contributed by atoms with Crippen LogP contribution in [0.3, 0.4) is 0 Å². The molecule has 0 amide bonds. The minimum atomic E-state index is 0.727. The van der Waals surface area contributed by atoms with Gasteiger partial charge in [-0.3, -0.25) is 5.43 Å². The lowest BCUT2D eigenvalue weighted by atomic mass is 10.1. The van der Waals surface area contributed by atoms with Gasteiger partial charge in [0.15, 0.2) is 11.5 Å². The van der Waals surface area contributed by atoms with Crippen LogP contribution in [-0.4, -0.2) is 27.0 Å². The van der Waals surface area contributed by atoms with Crippen LogP contribution in [0.2, 0.25) is 0 Å². The molecule has 0 aliphatic heterocycles. The SMILES string of the molecule is COc1ccc(N/N=C2\CCc3cc(OC)c(OC)cc32)cc1. The van der Waals surface area contributed by atoms with Crippen molar-refractivity contribution in [2.45, 2.75) is 12.8 Å². The van der Waals surface area contributed by atoms with E-state index >= 15 is 0 Å². The molecule has 0 radical (unpaired) electrons. The highest BCUT2D eigenvalue weighted by molar-refractivity contribution is 6.05. The van der Waals surface area contributed by atoms with Gasteiger partial charge in [-0.2, -0.15) is 5.10 Å². The average Bonchev–Trinajstić information content (AvgIpc) is 3.01. The third-order valence-electron chi connectivity index (χ3n) is 3.96. The molecule has 0 unspecified atom stereocenters. The summed E-state index contributed by atoms with van der Waals surface area (Å²) in [5.74, 6) is 2.31. The number of benzene rings is 2. The number of nitrogens with zero attached hydrogens (tertiary/aromatic N) is 1. The van der Waals surface area contributed by atoms with Crippen molar-refractivity contribution in [2.24, 2.45) is 5.10 Å². The van der Waals surface area contributed by atoms with Crippen molar-refractivity contribution in [3.63, 3.8) is 0 Å². The van der Waals surface area contributed by atoms with Crippen LogP contribution in [-0.2, 0) is 6.42 Å². The Labute approximate surface area is 135 Å². The second-order valence-corrected chi connectivity index (χ2v) is 5.26. The first-order chi connectivity index (χ1) is 11.2. The Morgan fingerprint density at radius 2 is 1.57 bits per heavy atom. The van der Waals surface area contributed by atoms with Gasteiger partial charge in [-0.05, 0) is 54.8 Å². The van der Waals surface area contributed by atoms with Gasteiger partial charge in [-0.1, -0.05) is 0 Å². The largest absolute Gasteiger partial charge is 0.497 e. The van der Waals surface area contributed by atoms with Crippen LogP contribution < -0.4 is 19.6 Å². The summed E-state index contributed by atoms with van der Waals surface area (Å²) in [4.78, 5) is 0. The quantitative estimate of drug-likeness (QED) is 0.859. The molecule has 0 spiro atoms. The Morgan fingerprint density at radius 1 is 0.870 bits per heavy atom. The standard InChI is InChI=1S/C18H20N2O3/c1-21-14-7-5-13(6-8-14)19-20-16-9-4-12-10-17(22-2)18(23-3)11-15(12)16/h5-8,10-11,19H,4,9H2,1-3H3/b20-16+. The van der Waals surface area contributed by atoms with Crippen molar-refractivity contribution >= 4 is 11.4 Å². The lowest BCUT2D eigenvalue weighted by Crippen LogP contribution is -2.01. The van der Waals surface area contributed by atoms with Crippen LogP contribution in [0.15, 0.2) is 41.5 Å². The van der Waals surface area contributed by atoms with Gasteiger partial charge in [-0.15, -0.1) is 0 Å². The number of aryl methyl sites for hydroxylation is 1. The Bertz CT molecular complexity index is 724. The van der Waals surface area contributed by atoms with E-state index in [9.17, 15) is 0 Å². The van der Waals surface area contributed by atoms with Crippen molar-refractivity contribution in [1.29, 1.82) is 0 Å². The molecule has 0 saturated heterocycles. The maximum atomic E-state index is 5.38. The molecular weight excluding hydrogens is 292 g/mol. The molecule has 1 N–H and O–H groups in total. The Kier molecular flexibility index (Phi) is 4.37. The van der Waals surface area contributed by atoms with Crippen molar-refractivity contribution in [2.75, 3.05) is 26.8 Å². The number of hydrogen-bond donors (Lipinski definition) is 1. The fraction of sp³-hybridized carbons (Fsp3) is 0.278. The Morgan fingerprint density at radius 3 is 2.22 bits per heavy atom. The normalized spacial score (nSPS) is 14.5. The van der Waals surface area contributed by atoms with E-state index in [4.69, 9.17) is 14.2 Å². The van der Waals surface area contributed by atoms with Crippen molar-refractivity contribution in [3.8, 4) is 17.2 Å². The summed E-state index contributed by atoms with van der Waals surface area (Å²) >= 11 is 0. The summed E-state index contributed by atoms with van der Waals surface area (Å²) in [5, 5.41) is 4.55. The summed E-state index contributed by atoms with van der Waals surface area (Å²) in [5.41, 5.74) is 7.40. The summed E-state index contributed by atoms with van der Waals surface area (Å²) in [6.07, 6.45) is 1.85. The Balaban J connectivity index is 1.83. The van der Waals surface area contributed by atoms with Gasteiger partial charge in [0, 0.05) is 5.56 Å². The number of rotatable bonds is 5. The molecule has 0 saturated carbocycles. The molecule has 0 heterocycles. The lowest BCUT2D eigenvalue weighted by molar-refractivity contribution is 0.354. The minimum Gasteiger partial charge on any atom is -0.497 e. The molecule has 1 aliphatic carbocycles. The first-order valence-corrected chi connectivity index (χ1v) is 7.47. The molecule has 2 aromatic rings. The first kappa shape index (κ1) is 15.2. The number of hydrazone groups is 1. The molecule has 3 rings (SSSR count). The molecule has 0 aromatic heterocycles. The first-order valence-electron chi connectivity index (χ1n) is 7.47. The van der Waals surface area contributed by atoms with E-state index in [0.29, 0.717) is 0 Å². The molecule has 120 valence electrons. The summed E-state index contributed by atoms with van der Waals surface area (Å²) in [7, 11) is 4.95. The average molecular weight is 312 g/mol. The van der Waals surface area contributed by atoms with Crippen LogP contribution in [0.5, 0.6) is 17.2 Å². The smallest absolute Gasteiger partial charge is 0.161 e. The summed E-state index contributed by atoms with van der Waals surface area (Å²) in [6.45, 7) is 0. The molecule has 2 aromatic carbocycles. The van der Waals surface area contributed by atoms with Gasteiger partial charge in [0.2, 0.25) is 0 Å². The van der Waals surface area contributed by atoms with Crippen LogP contribution in [0.4, 0.5) is 5.69 Å². The molecule has 5 nitrogen and oxygen atoms in total. The number of ether oxygens (including phenoxy) is 3. The summed E-state index contributed by atoms with van der Waals surface area (Å²) in [6, 6.07) is 11.7. The number of methoxy groups -OCH3 is 3. The molecule has 0 bridgehead atoms. The predicted octanol–water partition coefficient (Wildman–Crippen LogP) is 3.47. The number of fused-ring (bicyclic) bond motifs is 1. The molecular formula is C18H20N2O3. The minimum absolute atomic E-state index is 0.727. The van der Waals surface area contributed by atoms with E-state index in [1.807, 2.05) is 36.4 Å². The lowest BCUT2D eigenvalue weighted by Gasteiger charge is -2.10. The maximum Gasteiger partial charge on any atom is 0.161 e. The van der Waals surface area contributed by atoms with E-state index in [1.54, 1.807) is 21.3 Å². The predicted molar refractivity (Wildman–Crippen MR) is 91.0 cm³/mol. The van der Waals surface area contributed by atoms with Gasteiger partial charge in [-0.25, -0.2) is 0 Å². The maximum absolute atomic E-state index is 5.38. The zero-order valence-corrected chi connectivity index (χ0v) is 13.6. The highest BCUT2D eigenvalue weighted by Crippen LogP contribution is 2.35. The van der Waals surface area contributed by atoms with Gasteiger partial charge in [0.25, 0.3) is 0 Å². The van der Waals surface area contributed by atoms with Crippen LogP contribution in [0.1, 0.15) is 17.5 Å². The fourth-order valence-electron chi connectivity index (χ4n) is 2.70. The number of nitrogens with one attached hydrogen (secondary N) is 1.